The van der Waals surface area contributed by atoms with Gasteiger partial charge in [-0.2, -0.15) is 0 Å². The monoisotopic (exact) mass is 272 g/mol. The summed E-state index contributed by atoms with van der Waals surface area (Å²) < 4.78 is 25.9. The number of rotatable bonds is 6. The van der Waals surface area contributed by atoms with Gasteiger partial charge in [0, 0.05) is 18.7 Å². The van der Waals surface area contributed by atoms with Crippen LogP contribution in [0.2, 0.25) is 0 Å². The Bertz CT molecular complexity index is 526. The maximum atomic E-state index is 11.7. The highest BCUT2D eigenvalue weighted by atomic mass is 32.2. The number of nitro groups is 1. The Morgan fingerprint density at radius 1 is 1.39 bits per heavy atom. The summed E-state index contributed by atoms with van der Waals surface area (Å²) in [5.74, 6) is -0.0358. The van der Waals surface area contributed by atoms with Crippen molar-refractivity contribution in [2.24, 2.45) is 5.92 Å². The molecule has 1 N–H and O–H groups in total. The molecule has 0 aliphatic heterocycles. The van der Waals surface area contributed by atoms with Crippen molar-refractivity contribution in [1.29, 1.82) is 0 Å². The molecular formula is C11H16N2O4S. The number of hydrogen-bond acceptors (Lipinski definition) is 4. The van der Waals surface area contributed by atoms with Crippen LogP contribution in [-0.2, 0) is 15.8 Å². The van der Waals surface area contributed by atoms with Crippen LogP contribution in [0.5, 0.6) is 0 Å². The number of sulfonamides is 1. The van der Waals surface area contributed by atoms with Gasteiger partial charge in [-0.3, -0.25) is 10.1 Å². The topological polar surface area (TPSA) is 89.3 Å². The van der Waals surface area contributed by atoms with Crippen molar-refractivity contribution in [3.05, 3.63) is 39.9 Å². The van der Waals surface area contributed by atoms with Gasteiger partial charge in [0.1, 0.15) is 0 Å². The molecule has 0 unspecified atom stereocenters. The van der Waals surface area contributed by atoms with Gasteiger partial charge in [-0.25, -0.2) is 13.1 Å². The van der Waals surface area contributed by atoms with Gasteiger partial charge in [-0.15, -0.1) is 0 Å². The van der Waals surface area contributed by atoms with E-state index >= 15 is 0 Å². The summed E-state index contributed by atoms with van der Waals surface area (Å²) in [7, 11) is -3.44. The number of nitrogens with one attached hydrogen (secondary N) is 1. The predicted molar refractivity (Wildman–Crippen MR) is 68.6 cm³/mol. The zero-order valence-electron chi connectivity index (χ0n) is 10.3. The van der Waals surface area contributed by atoms with E-state index < -0.39 is 14.9 Å². The van der Waals surface area contributed by atoms with Crippen LogP contribution in [0.25, 0.3) is 0 Å². The fourth-order valence-corrected chi connectivity index (χ4v) is 2.63. The van der Waals surface area contributed by atoms with Gasteiger partial charge in [-0.05, 0) is 11.5 Å². The molecule has 0 saturated carbocycles. The van der Waals surface area contributed by atoms with Crippen molar-refractivity contribution < 1.29 is 13.3 Å². The third kappa shape index (κ3) is 4.80. The molecule has 0 bridgehead atoms. The molecule has 0 spiro atoms. The van der Waals surface area contributed by atoms with Crippen LogP contribution < -0.4 is 4.72 Å². The second-order valence-corrected chi connectivity index (χ2v) is 6.24. The van der Waals surface area contributed by atoms with Gasteiger partial charge in [0.25, 0.3) is 5.69 Å². The number of nitro benzene ring substituents is 1. The van der Waals surface area contributed by atoms with Crippen LogP contribution in [0.3, 0.4) is 0 Å². The maximum Gasteiger partial charge on any atom is 0.269 e. The van der Waals surface area contributed by atoms with Gasteiger partial charge < -0.3 is 0 Å². The summed E-state index contributed by atoms with van der Waals surface area (Å²) in [6.07, 6.45) is 0. The van der Waals surface area contributed by atoms with Gasteiger partial charge in [-0.1, -0.05) is 26.0 Å². The first-order chi connectivity index (χ1) is 8.30. The number of nitrogens with zero attached hydrogens (tertiary/aromatic N) is 1. The molecule has 0 aromatic heterocycles. The molecular weight excluding hydrogens is 256 g/mol. The van der Waals surface area contributed by atoms with Crippen molar-refractivity contribution in [1.82, 2.24) is 4.72 Å². The van der Waals surface area contributed by atoms with E-state index in [9.17, 15) is 18.5 Å². The van der Waals surface area contributed by atoms with Crippen LogP contribution >= 0.6 is 0 Å². The Morgan fingerprint density at radius 2 is 2.06 bits per heavy atom. The minimum absolute atomic E-state index is 0.105. The number of non-ortho nitro benzene ring substituents is 1. The Balaban J connectivity index is 2.78. The van der Waals surface area contributed by atoms with E-state index in [-0.39, 0.29) is 17.4 Å². The molecule has 18 heavy (non-hydrogen) atoms. The van der Waals surface area contributed by atoms with E-state index in [1.165, 1.54) is 18.2 Å². The van der Waals surface area contributed by atoms with Crippen molar-refractivity contribution in [3.8, 4) is 0 Å². The molecule has 0 heterocycles. The lowest BCUT2D eigenvalue weighted by Crippen LogP contribution is -2.28. The molecule has 100 valence electrons. The van der Waals surface area contributed by atoms with Crippen molar-refractivity contribution >= 4 is 15.7 Å². The lowest BCUT2D eigenvalue weighted by Gasteiger charge is -2.08. The minimum atomic E-state index is -3.44. The second kappa shape index (κ2) is 5.92. The molecule has 0 amide bonds. The fourth-order valence-electron chi connectivity index (χ4n) is 1.32. The molecule has 1 aromatic rings. The summed E-state index contributed by atoms with van der Waals surface area (Å²) in [6, 6.07) is 5.64. The molecule has 0 aliphatic rings. The molecule has 0 saturated heterocycles. The normalized spacial score (nSPS) is 11.7. The smallest absolute Gasteiger partial charge is 0.258 e. The predicted octanol–water partition coefficient (Wildman–Crippen LogP) is 1.67. The third-order valence-corrected chi connectivity index (χ3v) is 3.51. The lowest BCUT2D eigenvalue weighted by molar-refractivity contribution is -0.384. The second-order valence-electron chi connectivity index (χ2n) is 4.43. The first kappa shape index (κ1) is 14.6. The van der Waals surface area contributed by atoms with Crippen LogP contribution in [0, 0.1) is 16.0 Å². The average molecular weight is 272 g/mol. The molecule has 0 aliphatic carbocycles. The first-order valence-electron chi connectivity index (χ1n) is 5.51. The lowest BCUT2D eigenvalue weighted by atomic mass is 10.2. The highest BCUT2D eigenvalue weighted by molar-refractivity contribution is 7.88. The molecule has 6 nitrogen and oxygen atoms in total. The molecule has 7 heteroatoms. The molecule has 1 aromatic carbocycles. The molecule has 0 atom stereocenters. The zero-order valence-corrected chi connectivity index (χ0v) is 11.1. The van der Waals surface area contributed by atoms with Crippen molar-refractivity contribution in [2.75, 3.05) is 6.54 Å². The largest absolute Gasteiger partial charge is 0.269 e. The van der Waals surface area contributed by atoms with Crippen LogP contribution in [-0.4, -0.2) is 19.9 Å². The van der Waals surface area contributed by atoms with E-state index in [2.05, 4.69) is 4.72 Å². The van der Waals surface area contributed by atoms with Gasteiger partial charge in [0.15, 0.2) is 0 Å². The minimum Gasteiger partial charge on any atom is -0.258 e. The van der Waals surface area contributed by atoms with Crippen LogP contribution in [0.1, 0.15) is 19.4 Å². The van der Waals surface area contributed by atoms with E-state index in [4.69, 9.17) is 0 Å². The van der Waals surface area contributed by atoms with Crippen LogP contribution in [0.4, 0.5) is 5.69 Å². The summed E-state index contributed by atoms with van der Waals surface area (Å²) >= 11 is 0. The molecule has 0 radical (unpaired) electrons. The van der Waals surface area contributed by atoms with Gasteiger partial charge >= 0.3 is 0 Å². The Labute approximate surface area is 106 Å². The highest BCUT2D eigenvalue weighted by Crippen LogP contribution is 2.14. The molecule has 0 fully saturated rings. The van der Waals surface area contributed by atoms with E-state index in [1.807, 2.05) is 13.8 Å². The Morgan fingerprint density at radius 3 is 2.61 bits per heavy atom. The Hall–Kier alpha value is -1.47. The third-order valence-electron chi connectivity index (χ3n) is 2.19. The SMILES string of the molecule is CC(C)CNS(=O)(=O)Cc1cccc([N+](=O)[O-])c1. The maximum absolute atomic E-state index is 11.7. The summed E-state index contributed by atoms with van der Waals surface area (Å²) in [5.41, 5.74) is 0.298. The Kier molecular flexibility index (Phi) is 4.80. The highest BCUT2D eigenvalue weighted by Gasteiger charge is 2.14. The fraction of sp³-hybridized carbons (Fsp3) is 0.455. The zero-order chi connectivity index (χ0) is 13.8. The standard InChI is InChI=1S/C11H16N2O4S/c1-9(2)7-12-18(16,17)8-10-4-3-5-11(6-10)13(14)15/h3-6,9,12H,7-8H2,1-2H3. The summed E-state index contributed by atoms with van der Waals surface area (Å²) in [4.78, 5) is 10.0. The van der Waals surface area contributed by atoms with E-state index in [0.29, 0.717) is 12.1 Å². The van der Waals surface area contributed by atoms with Gasteiger partial charge in [0.05, 0.1) is 10.7 Å². The van der Waals surface area contributed by atoms with Gasteiger partial charge in [0.2, 0.25) is 10.0 Å². The van der Waals surface area contributed by atoms with Crippen molar-refractivity contribution in [3.63, 3.8) is 0 Å². The van der Waals surface area contributed by atoms with E-state index in [1.54, 1.807) is 6.07 Å². The van der Waals surface area contributed by atoms with Crippen molar-refractivity contribution in [2.45, 2.75) is 19.6 Å². The average Bonchev–Trinajstić information content (AvgIpc) is 2.26. The summed E-state index contributed by atoms with van der Waals surface area (Å²) in [5, 5.41) is 10.6. The number of hydrogen-bond donors (Lipinski definition) is 1. The number of benzene rings is 1. The summed E-state index contributed by atoms with van der Waals surface area (Å²) in [6.45, 7) is 4.16. The van der Waals surface area contributed by atoms with Crippen LogP contribution in [0.15, 0.2) is 24.3 Å². The quantitative estimate of drug-likeness (QED) is 0.630. The first-order valence-corrected chi connectivity index (χ1v) is 7.16. The molecule has 1 rings (SSSR count). The van der Waals surface area contributed by atoms with E-state index in [0.717, 1.165) is 0 Å².